The summed E-state index contributed by atoms with van der Waals surface area (Å²) in [6.07, 6.45) is 1.57. The molecule has 3 aromatic rings. The molecule has 0 saturated carbocycles. The van der Waals surface area contributed by atoms with Crippen molar-refractivity contribution in [2.75, 3.05) is 0 Å². The van der Waals surface area contributed by atoms with Gasteiger partial charge in [-0.2, -0.15) is 5.26 Å². The van der Waals surface area contributed by atoms with Crippen molar-refractivity contribution in [3.63, 3.8) is 0 Å². The van der Waals surface area contributed by atoms with Crippen molar-refractivity contribution in [3.05, 3.63) is 76.0 Å². The van der Waals surface area contributed by atoms with E-state index in [0.29, 0.717) is 38.3 Å². The summed E-state index contributed by atoms with van der Waals surface area (Å²) in [7, 11) is -3.75. The fourth-order valence-electron chi connectivity index (χ4n) is 2.41. The predicted octanol–water partition coefficient (Wildman–Crippen LogP) is 4.96. The second-order valence-electron chi connectivity index (χ2n) is 5.57. The molecule has 0 bridgehead atoms. The van der Waals surface area contributed by atoms with Crippen LogP contribution >= 0.6 is 23.2 Å². The van der Waals surface area contributed by atoms with Crippen molar-refractivity contribution < 1.29 is 12.8 Å². The molecule has 0 aliphatic rings. The maximum Gasteiger partial charge on any atom is 0.238 e. The molecule has 0 aliphatic carbocycles. The van der Waals surface area contributed by atoms with E-state index in [0.717, 1.165) is 0 Å². The van der Waals surface area contributed by atoms with Crippen molar-refractivity contribution in [3.8, 4) is 17.4 Å². The highest BCUT2D eigenvalue weighted by molar-refractivity contribution is 7.89. The first-order chi connectivity index (χ1) is 12.8. The quantitative estimate of drug-likeness (QED) is 0.604. The van der Waals surface area contributed by atoms with Gasteiger partial charge in [-0.25, -0.2) is 13.6 Å². The average molecular weight is 419 g/mol. The molecule has 8 heteroatoms. The van der Waals surface area contributed by atoms with E-state index in [-0.39, 0.29) is 4.90 Å². The minimum atomic E-state index is -3.75. The topological polar surface area (TPSA) is 97.1 Å². The van der Waals surface area contributed by atoms with Crippen LogP contribution in [0.25, 0.3) is 23.0 Å². The molecule has 0 radical (unpaired) electrons. The van der Waals surface area contributed by atoms with Gasteiger partial charge in [-0.3, -0.25) is 0 Å². The Balaban J connectivity index is 1.93. The van der Waals surface area contributed by atoms with E-state index >= 15 is 0 Å². The van der Waals surface area contributed by atoms with E-state index in [4.69, 9.17) is 32.8 Å². The SMILES string of the molecule is N#CC(=Cc1ccc(-c2ccc(S(N)(=O)=O)cc2)o1)c1ccc(Cl)cc1Cl. The number of benzene rings is 2. The summed E-state index contributed by atoms with van der Waals surface area (Å²) >= 11 is 12.0. The second-order valence-corrected chi connectivity index (χ2v) is 7.97. The highest BCUT2D eigenvalue weighted by atomic mass is 35.5. The first-order valence-corrected chi connectivity index (χ1v) is 9.88. The third-order valence-corrected chi connectivity index (χ3v) is 5.20. The Labute approximate surface area is 166 Å². The Morgan fingerprint density at radius 1 is 1.07 bits per heavy atom. The molecular formula is C19H12Cl2N2O3S. The van der Waals surface area contributed by atoms with Gasteiger partial charge in [0.15, 0.2) is 0 Å². The highest BCUT2D eigenvalue weighted by Gasteiger charge is 2.11. The molecule has 2 aromatic carbocycles. The molecule has 0 aliphatic heterocycles. The lowest BCUT2D eigenvalue weighted by Crippen LogP contribution is -2.11. The van der Waals surface area contributed by atoms with Crippen LogP contribution in [0.2, 0.25) is 10.0 Å². The number of halogens is 2. The summed E-state index contributed by atoms with van der Waals surface area (Å²) in [5, 5.41) is 15.4. The number of hydrogen-bond donors (Lipinski definition) is 1. The van der Waals surface area contributed by atoms with E-state index < -0.39 is 10.0 Å². The van der Waals surface area contributed by atoms with Crippen LogP contribution in [0.3, 0.4) is 0 Å². The zero-order chi connectivity index (χ0) is 19.6. The molecule has 5 nitrogen and oxygen atoms in total. The second kappa shape index (κ2) is 7.59. The van der Waals surface area contributed by atoms with Gasteiger partial charge in [-0.15, -0.1) is 0 Å². The van der Waals surface area contributed by atoms with Gasteiger partial charge in [-0.05, 0) is 54.6 Å². The first-order valence-electron chi connectivity index (χ1n) is 7.58. The molecule has 0 amide bonds. The first kappa shape index (κ1) is 19.2. The molecule has 0 saturated heterocycles. The van der Waals surface area contributed by atoms with Gasteiger partial charge >= 0.3 is 0 Å². The Bertz CT molecular complexity index is 1170. The van der Waals surface area contributed by atoms with Crippen LogP contribution in [0, 0.1) is 11.3 Å². The fraction of sp³-hybridized carbons (Fsp3) is 0. The summed E-state index contributed by atoms with van der Waals surface area (Å²) in [6, 6.07) is 16.4. The summed E-state index contributed by atoms with van der Waals surface area (Å²) in [5.41, 5.74) is 1.53. The number of nitrogens with two attached hydrogens (primary N) is 1. The maximum atomic E-state index is 11.3. The van der Waals surface area contributed by atoms with Crippen LogP contribution in [0.15, 0.2) is 63.9 Å². The molecule has 136 valence electrons. The summed E-state index contributed by atoms with van der Waals surface area (Å²) < 4.78 is 28.4. The highest BCUT2D eigenvalue weighted by Crippen LogP contribution is 2.30. The molecular weight excluding hydrogens is 407 g/mol. The molecule has 2 N–H and O–H groups in total. The van der Waals surface area contributed by atoms with Gasteiger partial charge in [0.1, 0.15) is 11.5 Å². The summed E-state index contributed by atoms with van der Waals surface area (Å²) in [4.78, 5) is 0.0158. The number of nitriles is 1. The monoisotopic (exact) mass is 418 g/mol. The normalized spacial score (nSPS) is 12.0. The van der Waals surface area contributed by atoms with Crippen molar-refractivity contribution >= 4 is 44.9 Å². The van der Waals surface area contributed by atoms with E-state index in [1.807, 2.05) is 0 Å². The Hall–Kier alpha value is -2.56. The lowest BCUT2D eigenvalue weighted by molar-refractivity contribution is 0.571. The number of sulfonamides is 1. The number of allylic oxidation sites excluding steroid dienone is 1. The van der Waals surface area contributed by atoms with Gasteiger partial charge in [0, 0.05) is 16.1 Å². The largest absolute Gasteiger partial charge is 0.457 e. The van der Waals surface area contributed by atoms with Crippen molar-refractivity contribution in [1.82, 2.24) is 0 Å². The number of primary sulfonamides is 1. The standard InChI is InChI=1S/C19H12Cl2N2O3S/c20-14-3-7-17(18(21)10-14)13(11-22)9-15-4-8-19(26-15)12-1-5-16(6-2-12)27(23,24)25/h1-10H,(H2,23,24,25). The average Bonchev–Trinajstić information content (AvgIpc) is 3.08. The Kier molecular flexibility index (Phi) is 5.40. The number of furan rings is 1. The van der Waals surface area contributed by atoms with Crippen molar-refractivity contribution in [1.29, 1.82) is 5.26 Å². The zero-order valence-corrected chi connectivity index (χ0v) is 16.0. The molecule has 0 unspecified atom stereocenters. The van der Waals surface area contributed by atoms with Gasteiger partial charge in [0.05, 0.1) is 21.6 Å². The van der Waals surface area contributed by atoms with Crippen molar-refractivity contribution in [2.45, 2.75) is 4.90 Å². The minimum absolute atomic E-state index is 0.0158. The summed E-state index contributed by atoms with van der Waals surface area (Å²) in [6.45, 7) is 0. The van der Waals surface area contributed by atoms with E-state index in [1.165, 1.54) is 12.1 Å². The Morgan fingerprint density at radius 3 is 2.37 bits per heavy atom. The molecule has 27 heavy (non-hydrogen) atoms. The van der Waals surface area contributed by atoms with E-state index in [2.05, 4.69) is 6.07 Å². The third-order valence-electron chi connectivity index (χ3n) is 3.72. The van der Waals surface area contributed by atoms with Gasteiger partial charge in [-0.1, -0.05) is 29.3 Å². The Morgan fingerprint density at radius 2 is 1.78 bits per heavy atom. The van der Waals surface area contributed by atoms with Gasteiger partial charge in [0.2, 0.25) is 10.0 Å². The zero-order valence-electron chi connectivity index (χ0n) is 13.7. The molecule has 0 fully saturated rings. The van der Waals surface area contributed by atoms with E-state index in [1.54, 1.807) is 48.5 Å². The van der Waals surface area contributed by atoms with Crippen LogP contribution < -0.4 is 5.14 Å². The molecule has 1 aromatic heterocycles. The summed E-state index contributed by atoms with van der Waals surface area (Å²) in [5.74, 6) is 0.963. The lowest BCUT2D eigenvalue weighted by Gasteiger charge is -2.03. The van der Waals surface area contributed by atoms with Gasteiger partial charge < -0.3 is 4.42 Å². The van der Waals surface area contributed by atoms with Crippen LogP contribution in [0.4, 0.5) is 0 Å². The fourth-order valence-corrected chi connectivity index (χ4v) is 3.44. The molecule has 3 rings (SSSR count). The number of nitrogens with zero attached hydrogens (tertiary/aromatic N) is 1. The smallest absolute Gasteiger partial charge is 0.238 e. The van der Waals surface area contributed by atoms with Crippen LogP contribution in [-0.4, -0.2) is 8.42 Å². The lowest BCUT2D eigenvalue weighted by atomic mass is 10.1. The predicted molar refractivity (Wildman–Crippen MR) is 105 cm³/mol. The number of hydrogen-bond acceptors (Lipinski definition) is 4. The van der Waals surface area contributed by atoms with E-state index in [9.17, 15) is 13.7 Å². The van der Waals surface area contributed by atoms with Crippen LogP contribution in [-0.2, 0) is 10.0 Å². The minimum Gasteiger partial charge on any atom is -0.457 e. The molecule has 0 spiro atoms. The van der Waals surface area contributed by atoms with Gasteiger partial charge in [0.25, 0.3) is 0 Å². The molecule has 0 atom stereocenters. The maximum absolute atomic E-state index is 11.3. The van der Waals surface area contributed by atoms with Crippen LogP contribution in [0.5, 0.6) is 0 Å². The van der Waals surface area contributed by atoms with Crippen LogP contribution in [0.1, 0.15) is 11.3 Å². The van der Waals surface area contributed by atoms with Crippen molar-refractivity contribution in [2.24, 2.45) is 5.14 Å². The molecule has 1 heterocycles. The third kappa shape index (κ3) is 4.41. The number of rotatable bonds is 4.